The SMILES string of the molecule is CCNc1cncc(Nc2ccc3c(c2)OC(F)(F)O3)c1. The van der Waals surface area contributed by atoms with Crippen molar-refractivity contribution in [3.63, 3.8) is 0 Å². The summed E-state index contributed by atoms with van der Waals surface area (Å²) in [6, 6.07) is 6.38. The fourth-order valence-electron chi connectivity index (χ4n) is 2.00. The van der Waals surface area contributed by atoms with E-state index in [0.29, 0.717) is 5.69 Å². The summed E-state index contributed by atoms with van der Waals surface area (Å²) >= 11 is 0. The molecule has 0 amide bonds. The molecule has 0 saturated heterocycles. The van der Waals surface area contributed by atoms with E-state index in [-0.39, 0.29) is 11.5 Å². The second-order valence-corrected chi connectivity index (χ2v) is 4.45. The average Bonchev–Trinajstić information content (AvgIpc) is 2.73. The minimum atomic E-state index is -3.60. The number of pyridine rings is 1. The number of nitrogens with one attached hydrogen (secondary N) is 2. The smallest absolute Gasteiger partial charge is 0.395 e. The quantitative estimate of drug-likeness (QED) is 0.902. The molecule has 2 N–H and O–H groups in total. The number of halogens is 2. The maximum absolute atomic E-state index is 13.0. The number of benzene rings is 1. The van der Waals surface area contributed by atoms with Crippen LogP contribution >= 0.6 is 0 Å². The first-order valence-electron chi connectivity index (χ1n) is 6.41. The number of nitrogens with zero attached hydrogens (tertiary/aromatic N) is 1. The third-order valence-electron chi connectivity index (χ3n) is 2.81. The largest absolute Gasteiger partial charge is 0.586 e. The molecule has 110 valence electrons. The molecule has 1 aliphatic rings. The van der Waals surface area contributed by atoms with Crippen LogP contribution in [0.25, 0.3) is 0 Å². The summed E-state index contributed by atoms with van der Waals surface area (Å²) in [5.74, 6) is 0.0193. The highest BCUT2D eigenvalue weighted by molar-refractivity contribution is 5.66. The Balaban J connectivity index is 1.79. The molecule has 2 heterocycles. The second kappa shape index (κ2) is 5.08. The predicted octanol–water partition coefficient (Wildman–Crippen LogP) is 3.58. The van der Waals surface area contributed by atoms with Gasteiger partial charge in [-0.15, -0.1) is 8.78 Å². The molecule has 0 aliphatic carbocycles. The maximum atomic E-state index is 13.0. The highest BCUT2D eigenvalue weighted by Crippen LogP contribution is 2.42. The number of hydrogen-bond acceptors (Lipinski definition) is 5. The van der Waals surface area contributed by atoms with E-state index in [9.17, 15) is 8.78 Å². The van der Waals surface area contributed by atoms with Crippen LogP contribution in [0.4, 0.5) is 25.8 Å². The first kappa shape index (κ1) is 13.4. The van der Waals surface area contributed by atoms with Gasteiger partial charge >= 0.3 is 6.29 Å². The maximum Gasteiger partial charge on any atom is 0.586 e. The van der Waals surface area contributed by atoms with Gasteiger partial charge in [0.15, 0.2) is 11.5 Å². The third-order valence-corrected chi connectivity index (χ3v) is 2.81. The van der Waals surface area contributed by atoms with E-state index in [2.05, 4.69) is 25.1 Å². The van der Waals surface area contributed by atoms with Crippen LogP contribution in [-0.4, -0.2) is 17.8 Å². The number of fused-ring (bicyclic) bond motifs is 1. The number of aromatic nitrogens is 1. The van der Waals surface area contributed by atoms with Gasteiger partial charge in [-0.1, -0.05) is 0 Å². The molecule has 2 aromatic rings. The van der Waals surface area contributed by atoms with Crippen molar-refractivity contribution in [3.8, 4) is 11.5 Å². The van der Waals surface area contributed by atoms with Crippen molar-refractivity contribution >= 4 is 17.1 Å². The van der Waals surface area contributed by atoms with Gasteiger partial charge in [0.1, 0.15) is 0 Å². The van der Waals surface area contributed by atoms with Gasteiger partial charge in [0.2, 0.25) is 0 Å². The van der Waals surface area contributed by atoms with Gasteiger partial charge in [0.05, 0.1) is 23.8 Å². The van der Waals surface area contributed by atoms with Crippen LogP contribution in [0.3, 0.4) is 0 Å². The van der Waals surface area contributed by atoms with Crippen LogP contribution in [0.15, 0.2) is 36.7 Å². The van der Waals surface area contributed by atoms with E-state index in [1.807, 2.05) is 13.0 Å². The Hall–Kier alpha value is -2.57. The van der Waals surface area contributed by atoms with Crippen LogP contribution < -0.4 is 20.1 Å². The van der Waals surface area contributed by atoms with Gasteiger partial charge in [-0.05, 0) is 25.1 Å². The van der Waals surface area contributed by atoms with Crippen LogP contribution in [0.2, 0.25) is 0 Å². The Labute approximate surface area is 119 Å². The van der Waals surface area contributed by atoms with Gasteiger partial charge in [-0.2, -0.15) is 0 Å². The van der Waals surface area contributed by atoms with Crippen molar-refractivity contribution < 1.29 is 18.3 Å². The lowest BCUT2D eigenvalue weighted by atomic mass is 10.2. The standard InChI is InChI=1S/C14H13F2N3O2/c1-2-18-10-5-11(8-17-7-10)19-9-3-4-12-13(6-9)21-14(15,16)20-12/h3-8,18-19H,2H2,1H3. The minimum absolute atomic E-state index is 0.000738. The number of ether oxygens (including phenoxy) is 2. The van der Waals surface area contributed by atoms with E-state index < -0.39 is 6.29 Å². The van der Waals surface area contributed by atoms with Gasteiger partial charge in [-0.25, -0.2) is 0 Å². The van der Waals surface area contributed by atoms with Crippen molar-refractivity contribution in [3.05, 3.63) is 36.7 Å². The summed E-state index contributed by atoms with van der Waals surface area (Å²) in [4.78, 5) is 4.09. The highest BCUT2D eigenvalue weighted by atomic mass is 19.3. The molecule has 7 heteroatoms. The highest BCUT2D eigenvalue weighted by Gasteiger charge is 2.43. The second-order valence-electron chi connectivity index (χ2n) is 4.45. The molecular formula is C14H13F2N3O2. The zero-order chi connectivity index (χ0) is 14.9. The topological polar surface area (TPSA) is 55.4 Å². The van der Waals surface area contributed by atoms with E-state index in [4.69, 9.17) is 0 Å². The molecule has 1 aromatic carbocycles. The molecule has 3 rings (SSSR count). The molecule has 0 spiro atoms. The number of hydrogen-bond donors (Lipinski definition) is 2. The summed E-state index contributed by atoms with van der Waals surface area (Å²) in [5.41, 5.74) is 2.21. The number of alkyl halides is 2. The Morgan fingerprint density at radius 2 is 1.81 bits per heavy atom. The molecule has 0 saturated carbocycles. The van der Waals surface area contributed by atoms with E-state index >= 15 is 0 Å². The van der Waals surface area contributed by atoms with Crippen LogP contribution in [-0.2, 0) is 0 Å². The predicted molar refractivity (Wildman–Crippen MR) is 74.3 cm³/mol. The number of anilines is 3. The van der Waals surface area contributed by atoms with E-state index in [1.54, 1.807) is 18.5 Å². The first-order valence-corrected chi connectivity index (χ1v) is 6.41. The molecule has 1 aromatic heterocycles. The molecule has 0 radical (unpaired) electrons. The lowest BCUT2D eigenvalue weighted by Gasteiger charge is -2.09. The van der Waals surface area contributed by atoms with Crippen molar-refractivity contribution in [1.29, 1.82) is 0 Å². The molecule has 1 aliphatic heterocycles. The van der Waals surface area contributed by atoms with Gasteiger partial charge in [0, 0.05) is 18.3 Å². The Morgan fingerprint density at radius 3 is 2.62 bits per heavy atom. The van der Waals surface area contributed by atoms with Crippen molar-refractivity contribution in [2.45, 2.75) is 13.2 Å². The summed E-state index contributed by atoms with van der Waals surface area (Å²) in [7, 11) is 0. The van der Waals surface area contributed by atoms with Gasteiger partial charge < -0.3 is 20.1 Å². The first-order chi connectivity index (χ1) is 10.1. The molecule has 0 atom stereocenters. The van der Waals surface area contributed by atoms with E-state index in [0.717, 1.165) is 17.9 Å². The molecule has 0 fully saturated rings. The fraction of sp³-hybridized carbons (Fsp3) is 0.214. The van der Waals surface area contributed by atoms with E-state index in [1.165, 1.54) is 12.1 Å². The van der Waals surface area contributed by atoms with Gasteiger partial charge in [-0.3, -0.25) is 4.98 Å². The fourth-order valence-corrected chi connectivity index (χ4v) is 2.00. The third kappa shape index (κ3) is 2.96. The Morgan fingerprint density at radius 1 is 1.05 bits per heavy atom. The Kier molecular flexibility index (Phi) is 3.25. The van der Waals surface area contributed by atoms with Crippen LogP contribution in [0.1, 0.15) is 6.92 Å². The van der Waals surface area contributed by atoms with Gasteiger partial charge in [0.25, 0.3) is 0 Å². The summed E-state index contributed by atoms with van der Waals surface area (Å²) < 4.78 is 34.7. The lowest BCUT2D eigenvalue weighted by Crippen LogP contribution is -2.25. The van der Waals surface area contributed by atoms with Crippen LogP contribution in [0, 0.1) is 0 Å². The van der Waals surface area contributed by atoms with Crippen molar-refractivity contribution in [1.82, 2.24) is 4.98 Å². The normalized spacial score (nSPS) is 14.8. The zero-order valence-electron chi connectivity index (χ0n) is 11.2. The summed E-state index contributed by atoms with van der Waals surface area (Å²) in [6.07, 6.45) is -0.262. The van der Waals surface area contributed by atoms with Crippen LogP contribution in [0.5, 0.6) is 11.5 Å². The monoisotopic (exact) mass is 293 g/mol. The molecule has 0 bridgehead atoms. The molecule has 5 nitrogen and oxygen atoms in total. The molecular weight excluding hydrogens is 280 g/mol. The Bertz CT molecular complexity index is 664. The number of rotatable bonds is 4. The lowest BCUT2D eigenvalue weighted by molar-refractivity contribution is -0.286. The molecule has 21 heavy (non-hydrogen) atoms. The zero-order valence-corrected chi connectivity index (χ0v) is 11.2. The van der Waals surface area contributed by atoms with Crippen molar-refractivity contribution in [2.75, 3.05) is 17.2 Å². The summed E-state index contributed by atoms with van der Waals surface area (Å²) in [6.45, 7) is 2.77. The average molecular weight is 293 g/mol. The summed E-state index contributed by atoms with van der Waals surface area (Å²) in [5, 5.41) is 6.22. The minimum Gasteiger partial charge on any atom is -0.395 e. The van der Waals surface area contributed by atoms with Crippen molar-refractivity contribution in [2.24, 2.45) is 0 Å². The molecule has 0 unspecified atom stereocenters.